The molecule has 2 aromatic carbocycles. The van der Waals surface area contributed by atoms with Crippen molar-refractivity contribution in [2.24, 2.45) is 0 Å². The Morgan fingerprint density at radius 1 is 0.950 bits per heavy atom. The molecule has 0 aliphatic heterocycles. The van der Waals surface area contributed by atoms with Crippen molar-refractivity contribution < 1.29 is 0 Å². The quantitative estimate of drug-likeness (QED) is 0.671. The minimum atomic E-state index is 0.778. The topological polar surface area (TPSA) is 25.8 Å². The molecule has 0 unspecified atom stereocenters. The van der Waals surface area contributed by atoms with Crippen LogP contribution in [0.25, 0.3) is 27.6 Å². The molecule has 0 N–H and O–H groups in total. The molecule has 0 spiro atoms. The normalized spacial score (nSPS) is 10.7. The van der Waals surface area contributed by atoms with E-state index >= 15 is 0 Å². The molecule has 0 saturated carbocycles. The van der Waals surface area contributed by atoms with E-state index in [1.807, 2.05) is 32.0 Å². The Kier molecular flexibility index (Phi) is 3.07. The highest BCUT2D eigenvalue weighted by molar-refractivity contribution is 5.91. The number of aromatic nitrogens is 2. The number of rotatable bonds is 2. The molecule has 3 rings (SSSR count). The molecule has 2 heteroatoms. The lowest BCUT2D eigenvalue weighted by atomic mass is 10.0. The highest BCUT2D eigenvalue weighted by Crippen LogP contribution is 2.26. The molecule has 0 bridgehead atoms. The van der Waals surface area contributed by atoms with Gasteiger partial charge in [0.2, 0.25) is 0 Å². The van der Waals surface area contributed by atoms with Crippen molar-refractivity contribution in [2.75, 3.05) is 0 Å². The van der Waals surface area contributed by atoms with E-state index in [4.69, 9.17) is 0 Å². The molecule has 0 radical (unpaired) electrons. The van der Waals surface area contributed by atoms with Crippen molar-refractivity contribution in [3.05, 3.63) is 66.6 Å². The summed E-state index contributed by atoms with van der Waals surface area (Å²) in [6, 6.07) is 16.6. The van der Waals surface area contributed by atoms with Gasteiger partial charge in [0.15, 0.2) is 0 Å². The Labute approximate surface area is 118 Å². The van der Waals surface area contributed by atoms with Gasteiger partial charge in [-0.05, 0) is 36.6 Å². The van der Waals surface area contributed by atoms with E-state index in [1.165, 1.54) is 11.1 Å². The number of hydrogen-bond donors (Lipinski definition) is 0. The smallest absolute Gasteiger partial charge is 0.126 e. The first-order chi connectivity index (χ1) is 9.65. The standard InChI is InChI=1S/C18H16N2/c1-12(2)18-16-10-9-15(14-7-5-4-6-8-14)11-17(16)19-13(3)20-18/h4-11H,1H2,2-3H3. The van der Waals surface area contributed by atoms with Crippen LogP contribution in [0.5, 0.6) is 0 Å². The average Bonchev–Trinajstić information content (AvgIpc) is 2.46. The van der Waals surface area contributed by atoms with Crippen LogP contribution in [0, 0.1) is 6.92 Å². The third-order valence-electron chi connectivity index (χ3n) is 3.32. The predicted octanol–water partition coefficient (Wildman–Crippen LogP) is 4.64. The predicted molar refractivity (Wildman–Crippen MR) is 84.4 cm³/mol. The summed E-state index contributed by atoms with van der Waals surface area (Å²) in [6.07, 6.45) is 0. The van der Waals surface area contributed by atoms with Gasteiger partial charge in [0.05, 0.1) is 11.2 Å². The summed E-state index contributed by atoms with van der Waals surface area (Å²) in [4.78, 5) is 9.05. The number of allylic oxidation sites excluding steroid dienone is 1. The van der Waals surface area contributed by atoms with Crippen LogP contribution in [0.2, 0.25) is 0 Å². The zero-order chi connectivity index (χ0) is 14.1. The van der Waals surface area contributed by atoms with Crippen molar-refractivity contribution in [3.8, 4) is 11.1 Å². The Morgan fingerprint density at radius 3 is 2.40 bits per heavy atom. The summed E-state index contributed by atoms with van der Waals surface area (Å²) in [6.45, 7) is 7.90. The fourth-order valence-electron chi connectivity index (χ4n) is 2.38. The van der Waals surface area contributed by atoms with Gasteiger partial charge in [-0.1, -0.05) is 49.0 Å². The van der Waals surface area contributed by atoms with Crippen LogP contribution in [-0.2, 0) is 0 Å². The van der Waals surface area contributed by atoms with Gasteiger partial charge in [-0.15, -0.1) is 0 Å². The van der Waals surface area contributed by atoms with Gasteiger partial charge in [-0.3, -0.25) is 0 Å². The Balaban J connectivity index is 2.24. The average molecular weight is 260 g/mol. The molecule has 0 atom stereocenters. The second-order valence-electron chi connectivity index (χ2n) is 5.00. The first-order valence-corrected chi connectivity index (χ1v) is 6.65. The van der Waals surface area contributed by atoms with E-state index in [1.54, 1.807) is 0 Å². The van der Waals surface area contributed by atoms with Crippen molar-refractivity contribution in [3.63, 3.8) is 0 Å². The lowest BCUT2D eigenvalue weighted by molar-refractivity contribution is 1.07. The molecule has 1 aromatic heterocycles. The molecule has 0 fully saturated rings. The maximum Gasteiger partial charge on any atom is 0.126 e. The van der Waals surface area contributed by atoms with Gasteiger partial charge in [0.1, 0.15) is 5.82 Å². The minimum absolute atomic E-state index is 0.778. The number of fused-ring (bicyclic) bond motifs is 1. The molecule has 2 nitrogen and oxygen atoms in total. The van der Waals surface area contributed by atoms with Crippen LogP contribution in [-0.4, -0.2) is 9.97 Å². The second kappa shape index (κ2) is 4.89. The SMILES string of the molecule is C=C(C)c1nc(C)nc2cc(-c3ccccc3)ccc12. The summed E-state index contributed by atoms with van der Waals surface area (Å²) < 4.78 is 0. The minimum Gasteiger partial charge on any atom is -0.233 e. The van der Waals surface area contributed by atoms with Crippen molar-refractivity contribution >= 4 is 16.5 Å². The van der Waals surface area contributed by atoms with E-state index < -0.39 is 0 Å². The summed E-state index contributed by atoms with van der Waals surface area (Å²) in [5, 5.41) is 1.06. The number of hydrogen-bond acceptors (Lipinski definition) is 2. The molecular formula is C18H16N2. The van der Waals surface area contributed by atoms with Crippen LogP contribution in [0.15, 0.2) is 55.1 Å². The van der Waals surface area contributed by atoms with Crippen molar-refractivity contribution in [2.45, 2.75) is 13.8 Å². The Morgan fingerprint density at radius 2 is 1.70 bits per heavy atom. The lowest BCUT2D eigenvalue weighted by Crippen LogP contribution is -1.95. The molecule has 0 amide bonds. The van der Waals surface area contributed by atoms with Crippen LogP contribution in [0.4, 0.5) is 0 Å². The van der Waals surface area contributed by atoms with Crippen LogP contribution in [0.3, 0.4) is 0 Å². The second-order valence-corrected chi connectivity index (χ2v) is 5.00. The van der Waals surface area contributed by atoms with Crippen molar-refractivity contribution in [1.82, 2.24) is 9.97 Å². The number of nitrogens with zero attached hydrogens (tertiary/aromatic N) is 2. The van der Waals surface area contributed by atoms with E-state index in [2.05, 4.69) is 46.9 Å². The lowest BCUT2D eigenvalue weighted by Gasteiger charge is -2.08. The molecule has 1 heterocycles. The van der Waals surface area contributed by atoms with Crippen LogP contribution < -0.4 is 0 Å². The van der Waals surface area contributed by atoms with Crippen molar-refractivity contribution in [1.29, 1.82) is 0 Å². The fourth-order valence-corrected chi connectivity index (χ4v) is 2.38. The molecule has 0 aliphatic rings. The molecule has 20 heavy (non-hydrogen) atoms. The van der Waals surface area contributed by atoms with E-state index in [9.17, 15) is 0 Å². The zero-order valence-electron chi connectivity index (χ0n) is 11.7. The first-order valence-electron chi connectivity index (χ1n) is 6.65. The van der Waals surface area contributed by atoms with E-state index in [0.717, 1.165) is 28.0 Å². The van der Waals surface area contributed by atoms with Gasteiger partial charge in [0, 0.05) is 5.39 Å². The summed E-state index contributed by atoms with van der Waals surface area (Å²) in [5.74, 6) is 0.778. The maximum atomic E-state index is 4.55. The highest BCUT2D eigenvalue weighted by Gasteiger charge is 2.07. The molecular weight excluding hydrogens is 244 g/mol. The largest absolute Gasteiger partial charge is 0.233 e. The fraction of sp³-hybridized carbons (Fsp3) is 0.111. The van der Waals surface area contributed by atoms with Gasteiger partial charge < -0.3 is 0 Å². The Hall–Kier alpha value is -2.48. The third kappa shape index (κ3) is 2.21. The van der Waals surface area contributed by atoms with Gasteiger partial charge >= 0.3 is 0 Å². The zero-order valence-corrected chi connectivity index (χ0v) is 11.7. The molecule has 0 saturated heterocycles. The molecule has 98 valence electrons. The van der Waals surface area contributed by atoms with E-state index in [-0.39, 0.29) is 0 Å². The van der Waals surface area contributed by atoms with Gasteiger partial charge in [-0.25, -0.2) is 9.97 Å². The molecule has 0 aliphatic carbocycles. The highest BCUT2D eigenvalue weighted by atomic mass is 14.9. The monoisotopic (exact) mass is 260 g/mol. The van der Waals surface area contributed by atoms with Crippen LogP contribution in [0.1, 0.15) is 18.4 Å². The summed E-state index contributed by atoms with van der Waals surface area (Å²) in [5.41, 5.74) is 5.24. The van der Waals surface area contributed by atoms with Crippen LogP contribution >= 0.6 is 0 Å². The van der Waals surface area contributed by atoms with E-state index in [0.29, 0.717) is 0 Å². The Bertz CT molecular complexity index is 789. The first kappa shape index (κ1) is 12.5. The molecule has 3 aromatic rings. The number of aryl methyl sites for hydroxylation is 1. The number of benzene rings is 2. The summed E-state index contributed by atoms with van der Waals surface area (Å²) >= 11 is 0. The third-order valence-corrected chi connectivity index (χ3v) is 3.32. The van der Waals surface area contributed by atoms with Gasteiger partial charge in [-0.2, -0.15) is 0 Å². The summed E-state index contributed by atoms with van der Waals surface area (Å²) in [7, 11) is 0. The maximum absolute atomic E-state index is 4.55. The van der Waals surface area contributed by atoms with Gasteiger partial charge in [0.25, 0.3) is 0 Å².